The number of benzene rings is 1. The van der Waals surface area contributed by atoms with Crippen LogP contribution < -0.4 is 0 Å². The van der Waals surface area contributed by atoms with Gasteiger partial charge in [-0.15, -0.1) is 0 Å². The van der Waals surface area contributed by atoms with Crippen molar-refractivity contribution in [3.05, 3.63) is 35.4 Å². The molecule has 1 aromatic carbocycles. The molecule has 0 N–H and O–H groups in total. The highest BCUT2D eigenvalue weighted by atomic mass is 16.1. The van der Waals surface area contributed by atoms with Crippen LogP contribution in [0.5, 0.6) is 0 Å². The number of likely N-dealkylation sites (tertiary alicyclic amines) is 1. The lowest BCUT2D eigenvalue weighted by Crippen LogP contribution is -2.31. The summed E-state index contributed by atoms with van der Waals surface area (Å²) in [5.41, 5.74) is 2.24. The number of ketones is 1. The van der Waals surface area contributed by atoms with E-state index in [2.05, 4.69) is 24.0 Å². The first-order valence-electron chi connectivity index (χ1n) is 9.59. The largest absolute Gasteiger partial charge is 0.303 e. The summed E-state index contributed by atoms with van der Waals surface area (Å²) in [4.78, 5) is 15.0. The summed E-state index contributed by atoms with van der Waals surface area (Å²) in [5.74, 6) is 2.17. The SMILES string of the molecule is CCCCc1ccc(C(=O)CCN2CC[C@H]3CC[C@@H](C3)C2)cc1. The quantitative estimate of drug-likeness (QED) is 0.679. The fourth-order valence-corrected chi connectivity index (χ4v) is 4.27. The average Bonchev–Trinajstić information content (AvgIpc) is 2.91. The topological polar surface area (TPSA) is 20.3 Å². The van der Waals surface area contributed by atoms with E-state index in [4.69, 9.17) is 0 Å². The number of carbonyl (C=O) groups excluding carboxylic acids is 1. The fraction of sp³-hybridized carbons (Fsp3) is 0.667. The van der Waals surface area contributed by atoms with Crippen molar-refractivity contribution in [3.63, 3.8) is 0 Å². The lowest BCUT2D eigenvalue weighted by molar-refractivity contribution is 0.0960. The Hall–Kier alpha value is -1.15. The Morgan fingerprint density at radius 3 is 2.70 bits per heavy atom. The van der Waals surface area contributed by atoms with Crippen LogP contribution in [-0.2, 0) is 6.42 Å². The first kappa shape index (κ1) is 16.7. The Morgan fingerprint density at radius 2 is 1.91 bits per heavy atom. The van der Waals surface area contributed by atoms with Crippen molar-refractivity contribution in [1.82, 2.24) is 4.90 Å². The van der Waals surface area contributed by atoms with Crippen molar-refractivity contribution in [2.75, 3.05) is 19.6 Å². The standard InChI is InChI=1S/C21H31NO/c1-2-3-4-17-7-9-20(10-8-17)21(23)12-14-22-13-11-18-5-6-19(15-18)16-22/h7-10,18-19H,2-6,11-16H2,1H3/t18-,19+/m1/s1. The van der Waals surface area contributed by atoms with Gasteiger partial charge < -0.3 is 4.90 Å². The smallest absolute Gasteiger partial charge is 0.164 e. The van der Waals surface area contributed by atoms with E-state index in [1.807, 2.05) is 12.1 Å². The monoisotopic (exact) mass is 313 g/mol. The van der Waals surface area contributed by atoms with Gasteiger partial charge in [0.1, 0.15) is 0 Å². The number of carbonyl (C=O) groups is 1. The molecule has 0 aromatic heterocycles. The Morgan fingerprint density at radius 1 is 1.13 bits per heavy atom. The third kappa shape index (κ3) is 4.67. The third-order valence-corrected chi connectivity index (χ3v) is 5.77. The molecule has 2 bridgehead atoms. The number of hydrogen-bond acceptors (Lipinski definition) is 2. The molecule has 1 saturated heterocycles. The summed E-state index contributed by atoms with van der Waals surface area (Å²) in [6, 6.07) is 8.32. The third-order valence-electron chi connectivity index (χ3n) is 5.77. The number of unbranched alkanes of at least 4 members (excludes halogenated alkanes) is 1. The predicted octanol–water partition coefficient (Wildman–Crippen LogP) is 4.72. The second-order valence-corrected chi connectivity index (χ2v) is 7.61. The molecule has 1 saturated carbocycles. The molecule has 126 valence electrons. The Labute approximate surface area is 141 Å². The highest BCUT2D eigenvalue weighted by Gasteiger charge is 2.29. The molecule has 1 aliphatic carbocycles. The lowest BCUT2D eigenvalue weighted by Gasteiger charge is -2.24. The van der Waals surface area contributed by atoms with Gasteiger partial charge in [0.05, 0.1) is 0 Å². The summed E-state index contributed by atoms with van der Waals surface area (Å²) < 4.78 is 0. The Balaban J connectivity index is 1.47. The molecule has 2 nitrogen and oxygen atoms in total. The van der Waals surface area contributed by atoms with Gasteiger partial charge in [0.25, 0.3) is 0 Å². The summed E-state index contributed by atoms with van der Waals surface area (Å²) in [6.45, 7) is 5.58. The number of fused-ring (bicyclic) bond motifs is 2. The molecule has 0 unspecified atom stereocenters. The van der Waals surface area contributed by atoms with Crippen LogP contribution in [0.2, 0.25) is 0 Å². The zero-order valence-corrected chi connectivity index (χ0v) is 14.6. The van der Waals surface area contributed by atoms with E-state index in [1.165, 1.54) is 57.2 Å². The molecule has 1 aliphatic heterocycles. The maximum absolute atomic E-state index is 12.4. The van der Waals surface area contributed by atoms with E-state index in [0.717, 1.165) is 30.4 Å². The molecule has 2 atom stereocenters. The number of Topliss-reactive ketones (excluding diaryl/α,β-unsaturated/α-hetero) is 1. The first-order chi connectivity index (χ1) is 11.2. The van der Waals surface area contributed by atoms with Crippen molar-refractivity contribution < 1.29 is 4.79 Å². The van der Waals surface area contributed by atoms with Crippen LogP contribution in [0.25, 0.3) is 0 Å². The molecule has 0 radical (unpaired) electrons. The van der Waals surface area contributed by atoms with Crippen LogP contribution in [0, 0.1) is 11.8 Å². The number of nitrogens with zero attached hydrogens (tertiary/aromatic N) is 1. The summed E-state index contributed by atoms with van der Waals surface area (Å²) >= 11 is 0. The summed E-state index contributed by atoms with van der Waals surface area (Å²) in [5, 5.41) is 0. The van der Waals surface area contributed by atoms with E-state index < -0.39 is 0 Å². The molecule has 1 heterocycles. The summed E-state index contributed by atoms with van der Waals surface area (Å²) in [7, 11) is 0. The summed E-state index contributed by atoms with van der Waals surface area (Å²) in [6.07, 6.45) is 9.88. The van der Waals surface area contributed by atoms with E-state index in [0.29, 0.717) is 12.2 Å². The first-order valence-corrected chi connectivity index (χ1v) is 9.59. The zero-order valence-electron chi connectivity index (χ0n) is 14.6. The molecule has 2 fully saturated rings. The van der Waals surface area contributed by atoms with Crippen LogP contribution in [-0.4, -0.2) is 30.3 Å². The number of aryl methyl sites for hydroxylation is 1. The second-order valence-electron chi connectivity index (χ2n) is 7.61. The van der Waals surface area contributed by atoms with Crippen LogP contribution >= 0.6 is 0 Å². The highest BCUT2D eigenvalue weighted by molar-refractivity contribution is 5.96. The molecule has 2 heteroatoms. The predicted molar refractivity (Wildman–Crippen MR) is 95.9 cm³/mol. The molecule has 3 rings (SSSR count). The normalized spacial score (nSPS) is 24.6. The minimum Gasteiger partial charge on any atom is -0.303 e. The van der Waals surface area contributed by atoms with Gasteiger partial charge in [0, 0.05) is 25.1 Å². The Bertz CT molecular complexity index is 507. The van der Waals surface area contributed by atoms with E-state index >= 15 is 0 Å². The molecular formula is C21H31NO. The van der Waals surface area contributed by atoms with Gasteiger partial charge in [-0.3, -0.25) is 4.79 Å². The lowest BCUT2D eigenvalue weighted by atomic mass is 10.0. The maximum atomic E-state index is 12.4. The van der Waals surface area contributed by atoms with E-state index in [1.54, 1.807) is 0 Å². The Kier molecular flexibility index (Phi) is 5.88. The van der Waals surface area contributed by atoms with Crippen LogP contribution in [0.1, 0.15) is 67.8 Å². The van der Waals surface area contributed by atoms with Crippen molar-refractivity contribution >= 4 is 5.78 Å². The minimum absolute atomic E-state index is 0.307. The van der Waals surface area contributed by atoms with Crippen LogP contribution in [0.15, 0.2) is 24.3 Å². The van der Waals surface area contributed by atoms with Crippen LogP contribution in [0.3, 0.4) is 0 Å². The molecule has 0 amide bonds. The van der Waals surface area contributed by atoms with Gasteiger partial charge in [-0.05, 0) is 56.0 Å². The van der Waals surface area contributed by atoms with Crippen molar-refractivity contribution in [2.24, 2.45) is 11.8 Å². The maximum Gasteiger partial charge on any atom is 0.164 e. The van der Waals surface area contributed by atoms with Crippen molar-refractivity contribution in [1.29, 1.82) is 0 Å². The van der Waals surface area contributed by atoms with E-state index in [-0.39, 0.29) is 0 Å². The molecule has 1 aromatic rings. The molecule has 0 spiro atoms. The number of hydrogen-bond donors (Lipinski definition) is 0. The van der Waals surface area contributed by atoms with Crippen LogP contribution in [0.4, 0.5) is 0 Å². The molecule has 23 heavy (non-hydrogen) atoms. The van der Waals surface area contributed by atoms with Crippen molar-refractivity contribution in [3.8, 4) is 0 Å². The van der Waals surface area contributed by atoms with Crippen molar-refractivity contribution in [2.45, 2.75) is 58.3 Å². The van der Waals surface area contributed by atoms with Gasteiger partial charge in [0.15, 0.2) is 5.78 Å². The van der Waals surface area contributed by atoms with Gasteiger partial charge in [0.2, 0.25) is 0 Å². The average molecular weight is 313 g/mol. The van der Waals surface area contributed by atoms with Gasteiger partial charge >= 0.3 is 0 Å². The second kappa shape index (κ2) is 8.10. The minimum atomic E-state index is 0.307. The molecule has 2 aliphatic rings. The van der Waals surface area contributed by atoms with Gasteiger partial charge in [-0.1, -0.05) is 44.0 Å². The fourth-order valence-electron chi connectivity index (χ4n) is 4.27. The number of rotatable bonds is 7. The van der Waals surface area contributed by atoms with Gasteiger partial charge in [-0.25, -0.2) is 0 Å². The van der Waals surface area contributed by atoms with Gasteiger partial charge in [-0.2, -0.15) is 0 Å². The molecular weight excluding hydrogens is 282 g/mol. The highest BCUT2D eigenvalue weighted by Crippen LogP contribution is 2.36. The van der Waals surface area contributed by atoms with E-state index in [9.17, 15) is 4.79 Å². The zero-order chi connectivity index (χ0) is 16.1.